The SMILES string of the molecule is C=CCN(CC(=O)O)C(=O)OCCCC. The predicted molar refractivity (Wildman–Crippen MR) is 55.7 cm³/mol. The van der Waals surface area contributed by atoms with Crippen LogP contribution in [0, 0.1) is 0 Å². The van der Waals surface area contributed by atoms with Gasteiger partial charge in [0, 0.05) is 6.54 Å². The lowest BCUT2D eigenvalue weighted by Gasteiger charge is -2.18. The molecule has 86 valence electrons. The highest BCUT2D eigenvalue weighted by Crippen LogP contribution is 1.97. The van der Waals surface area contributed by atoms with Crippen molar-refractivity contribution in [2.75, 3.05) is 19.7 Å². The molecule has 15 heavy (non-hydrogen) atoms. The molecule has 0 heterocycles. The van der Waals surface area contributed by atoms with E-state index in [0.717, 1.165) is 17.7 Å². The minimum atomic E-state index is -1.07. The lowest BCUT2D eigenvalue weighted by atomic mass is 10.4. The fourth-order valence-electron chi connectivity index (χ4n) is 0.918. The summed E-state index contributed by atoms with van der Waals surface area (Å²) in [6.45, 7) is 5.56. The predicted octanol–water partition coefficient (Wildman–Crippen LogP) is 1.50. The van der Waals surface area contributed by atoms with E-state index in [-0.39, 0.29) is 13.1 Å². The molecule has 0 radical (unpaired) electrons. The number of carbonyl (C=O) groups excluding carboxylic acids is 1. The van der Waals surface area contributed by atoms with E-state index in [1.807, 2.05) is 6.92 Å². The number of hydrogen-bond donors (Lipinski definition) is 1. The maximum Gasteiger partial charge on any atom is 0.410 e. The second-order valence-corrected chi connectivity index (χ2v) is 3.03. The number of carboxylic acid groups (broad SMARTS) is 1. The molecule has 5 heteroatoms. The first-order chi connectivity index (χ1) is 7.11. The Morgan fingerprint density at radius 1 is 1.53 bits per heavy atom. The third-order valence-electron chi connectivity index (χ3n) is 1.66. The standard InChI is InChI=1S/C10H17NO4/c1-3-5-7-15-10(14)11(6-4-2)8-9(12)13/h4H,2-3,5-8H2,1H3,(H,12,13). The summed E-state index contributed by atoms with van der Waals surface area (Å²) in [4.78, 5) is 22.9. The molecule has 0 saturated carbocycles. The number of ether oxygens (including phenoxy) is 1. The average molecular weight is 215 g/mol. The Labute approximate surface area is 89.3 Å². The molecule has 0 aliphatic carbocycles. The van der Waals surface area contributed by atoms with E-state index < -0.39 is 12.1 Å². The van der Waals surface area contributed by atoms with E-state index in [9.17, 15) is 9.59 Å². The third-order valence-corrected chi connectivity index (χ3v) is 1.66. The van der Waals surface area contributed by atoms with Crippen molar-refractivity contribution < 1.29 is 19.4 Å². The van der Waals surface area contributed by atoms with Gasteiger partial charge in [-0.15, -0.1) is 6.58 Å². The Balaban J connectivity index is 4.03. The van der Waals surface area contributed by atoms with E-state index in [1.54, 1.807) is 0 Å². The summed E-state index contributed by atoms with van der Waals surface area (Å²) in [5.41, 5.74) is 0. The zero-order valence-electron chi connectivity index (χ0n) is 8.94. The number of carboxylic acids is 1. The molecular weight excluding hydrogens is 198 g/mol. The Kier molecular flexibility index (Phi) is 7.05. The molecule has 1 N–H and O–H groups in total. The van der Waals surface area contributed by atoms with Crippen molar-refractivity contribution in [3.63, 3.8) is 0 Å². The van der Waals surface area contributed by atoms with Crippen LogP contribution in [-0.4, -0.2) is 41.8 Å². The zero-order chi connectivity index (χ0) is 11.7. The number of rotatable bonds is 7. The van der Waals surface area contributed by atoms with Crippen LogP contribution in [0.3, 0.4) is 0 Å². The molecule has 0 bridgehead atoms. The molecule has 0 saturated heterocycles. The molecule has 0 aromatic rings. The molecule has 0 aromatic carbocycles. The van der Waals surface area contributed by atoms with Crippen LogP contribution < -0.4 is 0 Å². The quantitative estimate of drug-likeness (QED) is 0.516. The van der Waals surface area contributed by atoms with Crippen molar-refractivity contribution in [2.45, 2.75) is 19.8 Å². The van der Waals surface area contributed by atoms with Gasteiger partial charge >= 0.3 is 12.1 Å². The molecule has 0 aliphatic rings. The minimum absolute atomic E-state index is 0.178. The molecule has 0 unspecified atom stereocenters. The van der Waals surface area contributed by atoms with Gasteiger partial charge in [0.25, 0.3) is 0 Å². The van der Waals surface area contributed by atoms with Gasteiger partial charge in [-0.2, -0.15) is 0 Å². The first-order valence-electron chi connectivity index (χ1n) is 4.86. The van der Waals surface area contributed by atoms with Crippen molar-refractivity contribution in [1.29, 1.82) is 0 Å². The Morgan fingerprint density at radius 3 is 2.67 bits per heavy atom. The fraction of sp³-hybridized carbons (Fsp3) is 0.600. The van der Waals surface area contributed by atoms with Crippen molar-refractivity contribution >= 4 is 12.1 Å². The summed E-state index contributed by atoms with van der Waals surface area (Å²) < 4.78 is 4.87. The van der Waals surface area contributed by atoms with Crippen molar-refractivity contribution in [1.82, 2.24) is 4.90 Å². The van der Waals surface area contributed by atoms with Crippen LogP contribution in [0.25, 0.3) is 0 Å². The lowest BCUT2D eigenvalue weighted by Crippen LogP contribution is -2.36. The number of hydrogen-bond acceptors (Lipinski definition) is 3. The topological polar surface area (TPSA) is 66.8 Å². The van der Waals surface area contributed by atoms with Crippen molar-refractivity contribution in [3.05, 3.63) is 12.7 Å². The van der Waals surface area contributed by atoms with Crippen LogP contribution in [0.2, 0.25) is 0 Å². The van der Waals surface area contributed by atoms with Gasteiger partial charge < -0.3 is 9.84 Å². The highest BCUT2D eigenvalue weighted by molar-refractivity contribution is 5.76. The van der Waals surface area contributed by atoms with Crippen LogP contribution in [0.15, 0.2) is 12.7 Å². The van der Waals surface area contributed by atoms with E-state index in [0.29, 0.717) is 6.61 Å². The van der Waals surface area contributed by atoms with Crippen molar-refractivity contribution in [3.8, 4) is 0 Å². The van der Waals surface area contributed by atoms with Crippen LogP contribution in [0.1, 0.15) is 19.8 Å². The van der Waals surface area contributed by atoms with Crippen molar-refractivity contribution in [2.24, 2.45) is 0 Å². The summed E-state index contributed by atoms with van der Waals surface area (Å²) >= 11 is 0. The van der Waals surface area contributed by atoms with Gasteiger partial charge in [0.05, 0.1) is 6.61 Å². The molecule has 0 atom stereocenters. The van der Waals surface area contributed by atoms with Gasteiger partial charge in [-0.05, 0) is 6.42 Å². The number of unbranched alkanes of at least 4 members (excludes halogenated alkanes) is 1. The summed E-state index contributed by atoms with van der Waals surface area (Å²) in [7, 11) is 0. The largest absolute Gasteiger partial charge is 0.480 e. The van der Waals surface area contributed by atoms with Gasteiger partial charge in [0.2, 0.25) is 0 Å². The van der Waals surface area contributed by atoms with Crippen LogP contribution in [0.5, 0.6) is 0 Å². The van der Waals surface area contributed by atoms with Gasteiger partial charge in [-0.1, -0.05) is 19.4 Å². The molecule has 0 fully saturated rings. The molecule has 5 nitrogen and oxygen atoms in total. The van der Waals surface area contributed by atoms with E-state index >= 15 is 0 Å². The summed E-state index contributed by atoms with van der Waals surface area (Å²) in [6, 6.07) is 0. The summed E-state index contributed by atoms with van der Waals surface area (Å²) in [6.07, 6.45) is 2.56. The van der Waals surface area contributed by atoms with Gasteiger partial charge in [-0.3, -0.25) is 9.69 Å². The first kappa shape index (κ1) is 13.5. The highest BCUT2D eigenvalue weighted by Gasteiger charge is 2.16. The molecule has 0 spiro atoms. The van der Waals surface area contributed by atoms with Gasteiger partial charge in [-0.25, -0.2) is 4.79 Å². The van der Waals surface area contributed by atoms with E-state index in [1.165, 1.54) is 6.08 Å². The second kappa shape index (κ2) is 7.84. The number of nitrogens with zero attached hydrogens (tertiary/aromatic N) is 1. The Bertz CT molecular complexity index is 227. The molecular formula is C10H17NO4. The normalized spacial score (nSPS) is 9.40. The second-order valence-electron chi connectivity index (χ2n) is 3.03. The fourth-order valence-corrected chi connectivity index (χ4v) is 0.918. The molecule has 0 rings (SSSR count). The number of amides is 1. The monoisotopic (exact) mass is 215 g/mol. The Hall–Kier alpha value is -1.52. The summed E-state index contributed by atoms with van der Waals surface area (Å²) in [5, 5.41) is 8.55. The smallest absolute Gasteiger partial charge is 0.410 e. The molecule has 1 amide bonds. The lowest BCUT2D eigenvalue weighted by molar-refractivity contribution is -0.137. The number of carbonyl (C=O) groups is 2. The average Bonchev–Trinajstić information content (AvgIpc) is 2.17. The first-order valence-corrected chi connectivity index (χ1v) is 4.86. The zero-order valence-corrected chi connectivity index (χ0v) is 8.94. The Morgan fingerprint density at radius 2 is 2.20 bits per heavy atom. The molecule has 0 aromatic heterocycles. The third kappa shape index (κ3) is 6.54. The maximum absolute atomic E-state index is 11.3. The minimum Gasteiger partial charge on any atom is -0.480 e. The highest BCUT2D eigenvalue weighted by atomic mass is 16.6. The van der Waals surface area contributed by atoms with Crippen LogP contribution >= 0.6 is 0 Å². The van der Waals surface area contributed by atoms with E-state index in [2.05, 4.69) is 6.58 Å². The van der Waals surface area contributed by atoms with Crippen LogP contribution in [-0.2, 0) is 9.53 Å². The maximum atomic E-state index is 11.3. The van der Waals surface area contributed by atoms with Gasteiger partial charge in [0.15, 0.2) is 0 Å². The summed E-state index contributed by atoms with van der Waals surface area (Å²) in [5.74, 6) is -1.07. The number of aliphatic carboxylic acids is 1. The molecule has 0 aliphatic heterocycles. The van der Waals surface area contributed by atoms with Crippen LogP contribution in [0.4, 0.5) is 4.79 Å². The van der Waals surface area contributed by atoms with E-state index in [4.69, 9.17) is 9.84 Å². The van der Waals surface area contributed by atoms with Gasteiger partial charge in [0.1, 0.15) is 6.54 Å².